The van der Waals surface area contributed by atoms with Gasteiger partial charge in [0.2, 0.25) is 0 Å². The van der Waals surface area contributed by atoms with Gasteiger partial charge in [0.05, 0.1) is 12.6 Å². The molecule has 17 heavy (non-hydrogen) atoms. The van der Waals surface area contributed by atoms with E-state index in [1.807, 2.05) is 6.92 Å². The Labute approximate surface area is 100 Å². The smallest absolute Gasteiger partial charge is 0.259 e. The zero-order chi connectivity index (χ0) is 13.0. The summed E-state index contributed by atoms with van der Waals surface area (Å²) in [5.74, 6) is -0.296. The number of hydrogen-bond acceptors (Lipinski definition) is 3. The van der Waals surface area contributed by atoms with Crippen LogP contribution in [0.4, 0.5) is 0 Å². The number of aromatic nitrogens is 1. The molecule has 0 aliphatic heterocycles. The normalized spacial score (nSPS) is 12.2. The Hall–Kier alpha value is -1.62. The maximum absolute atomic E-state index is 12.0. The molecular weight excluding hydrogens is 220 g/mol. The molecule has 94 valence electrons. The first-order valence-electron chi connectivity index (χ1n) is 5.42. The molecule has 0 aliphatic carbocycles. The predicted octanol–water partition coefficient (Wildman–Crippen LogP) is 0.790. The van der Waals surface area contributed by atoms with E-state index in [0.717, 1.165) is 5.69 Å². The minimum Gasteiger partial charge on any atom is -0.383 e. The molecule has 5 nitrogen and oxygen atoms in total. The van der Waals surface area contributed by atoms with Crippen molar-refractivity contribution in [3.63, 3.8) is 0 Å². The van der Waals surface area contributed by atoms with Crippen LogP contribution in [-0.4, -0.2) is 42.6 Å². The van der Waals surface area contributed by atoms with Crippen molar-refractivity contribution in [2.24, 2.45) is 0 Å². The van der Waals surface area contributed by atoms with Crippen molar-refractivity contribution >= 4 is 5.91 Å². The number of aryl methyl sites for hydroxylation is 1. The van der Waals surface area contributed by atoms with Crippen LogP contribution in [0.25, 0.3) is 0 Å². The lowest BCUT2D eigenvalue weighted by Gasteiger charge is -2.24. The summed E-state index contributed by atoms with van der Waals surface area (Å²) in [4.78, 5) is 28.1. The number of carbonyl (C=O) groups is 1. The number of hydrogen-bond donors (Lipinski definition) is 1. The van der Waals surface area contributed by atoms with Gasteiger partial charge in [-0.2, -0.15) is 0 Å². The number of ether oxygens (including phenoxy) is 1. The Kier molecular flexibility index (Phi) is 4.45. The highest BCUT2D eigenvalue weighted by Gasteiger charge is 2.19. The van der Waals surface area contributed by atoms with Crippen molar-refractivity contribution < 1.29 is 9.53 Å². The molecule has 0 aliphatic rings. The van der Waals surface area contributed by atoms with Crippen LogP contribution in [0.5, 0.6) is 0 Å². The molecular formula is C12H18N2O3. The fourth-order valence-electron chi connectivity index (χ4n) is 1.48. The lowest BCUT2D eigenvalue weighted by atomic mass is 10.2. The second-order valence-electron chi connectivity index (χ2n) is 4.11. The van der Waals surface area contributed by atoms with Crippen molar-refractivity contribution in [3.8, 4) is 0 Å². The van der Waals surface area contributed by atoms with Crippen LogP contribution in [0.2, 0.25) is 0 Å². The van der Waals surface area contributed by atoms with Gasteiger partial charge in [-0.1, -0.05) is 0 Å². The van der Waals surface area contributed by atoms with Gasteiger partial charge in [-0.05, 0) is 13.8 Å². The largest absolute Gasteiger partial charge is 0.383 e. The van der Waals surface area contributed by atoms with E-state index in [0.29, 0.717) is 6.61 Å². The monoisotopic (exact) mass is 238 g/mol. The molecule has 1 N–H and O–H groups in total. The summed E-state index contributed by atoms with van der Waals surface area (Å²) in [6.07, 6.45) is 1.45. The van der Waals surface area contributed by atoms with Gasteiger partial charge in [0, 0.05) is 32.1 Å². The van der Waals surface area contributed by atoms with Gasteiger partial charge in [0.25, 0.3) is 5.91 Å². The van der Waals surface area contributed by atoms with Gasteiger partial charge in [-0.3, -0.25) is 9.59 Å². The van der Waals surface area contributed by atoms with Gasteiger partial charge >= 0.3 is 0 Å². The van der Waals surface area contributed by atoms with Gasteiger partial charge in [-0.25, -0.2) is 0 Å². The number of carbonyl (C=O) groups excluding carboxylic acids is 1. The molecule has 0 saturated carbocycles. The van der Waals surface area contributed by atoms with E-state index in [4.69, 9.17) is 4.74 Å². The number of pyridine rings is 1. The van der Waals surface area contributed by atoms with Crippen LogP contribution in [0.1, 0.15) is 23.0 Å². The third-order valence-corrected chi connectivity index (χ3v) is 2.68. The van der Waals surface area contributed by atoms with Gasteiger partial charge in [0.15, 0.2) is 5.43 Å². The topological polar surface area (TPSA) is 62.4 Å². The number of likely N-dealkylation sites (N-methyl/N-ethyl adjacent to an activating group) is 1. The maximum atomic E-state index is 12.0. The highest BCUT2D eigenvalue weighted by Crippen LogP contribution is 2.03. The number of nitrogens with zero attached hydrogens (tertiary/aromatic N) is 1. The van der Waals surface area contributed by atoms with Crippen molar-refractivity contribution in [2.75, 3.05) is 20.8 Å². The molecule has 0 bridgehead atoms. The van der Waals surface area contributed by atoms with E-state index < -0.39 is 0 Å². The average molecular weight is 238 g/mol. The van der Waals surface area contributed by atoms with Crippen LogP contribution in [-0.2, 0) is 4.74 Å². The molecule has 1 aromatic heterocycles. The third-order valence-electron chi connectivity index (χ3n) is 2.68. The van der Waals surface area contributed by atoms with Gasteiger partial charge in [0.1, 0.15) is 5.56 Å². The molecule has 0 spiro atoms. The third kappa shape index (κ3) is 3.17. The fourth-order valence-corrected chi connectivity index (χ4v) is 1.48. The minimum atomic E-state index is -0.296. The molecule has 5 heteroatoms. The molecule has 0 radical (unpaired) electrons. The van der Waals surface area contributed by atoms with Crippen LogP contribution >= 0.6 is 0 Å². The number of nitrogens with one attached hydrogen (secondary N) is 1. The van der Waals surface area contributed by atoms with E-state index in [9.17, 15) is 9.59 Å². The van der Waals surface area contributed by atoms with Crippen molar-refractivity contribution in [2.45, 2.75) is 19.9 Å². The average Bonchev–Trinajstić information content (AvgIpc) is 2.27. The van der Waals surface area contributed by atoms with Crippen LogP contribution in [0, 0.1) is 6.92 Å². The summed E-state index contributed by atoms with van der Waals surface area (Å²) in [7, 11) is 3.23. The number of amides is 1. The van der Waals surface area contributed by atoms with E-state index in [2.05, 4.69) is 4.98 Å². The Morgan fingerprint density at radius 1 is 1.59 bits per heavy atom. The molecule has 0 saturated heterocycles. The summed E-state index contributed by atoms with van der Waals surface area (Å²) >= 11 is 0. The highest BCUT2D eigenvalue weighted by molar-refractivity contribution is 5.93. The summed E-state index contributed by atoms with van der Waals surface area (Å²) in [5.41, 5.74) is 0.628. The first-order chi connectivity index (χ1) is 7.97. The fraction of sp³-hybridized carbons (Fsp3) is 0.500. The summed E-state index contributed by atoms with van der Waals surface area (Å²) in [6, 6.07) is 1.34. The van der Waals surface area contributed by atoms with Crippen LogP contribution < -0.4 is 5.43 Å². The molecule has 1 heterocycles. The second-order valence-corrected chi connectivity index (χ2v) is 4.11. The van der Waals surface area contributed by atoms with E-state index in [1.54, 1.807) is 21.1 Å². The zero-order valence-electron chi connectivity index (χ0n) is 10.6. The molecule has 1 unspecified atom stereocenters. The SMILES string of the molecule is COCC(C)N(C)C(=O)c1c[nH]c(C)cc1=O. The Morgan fingerprint density at radius 3 is 2.76 bits per heavy atom. The lowest BCUT2D eigenvalue weighted by molar-refractivity contribution is 0.0632. The quantitative estimate of drug-likeness (QED) is 0.843. The van der Waals surface area contributed by atoms with Crippen LogP contribution in [0.3, 0.4) is 0 Å². The predicted molar refractivity (Wildman–Crippen MR) is 65.2 cm³/mol. The van der Waals surface area contributed by atoms with Gasteiger partial charge in [-0.15, -0.1) is 0 Å². The number of aromatic amines is 1. The van der Waals surface area contributed by atoms with E-state index in [1.165, 1.54) is 17.2 Å². The van der Waals surface area contributed by atoms with Crippen molar-refractivity contribution in [3.05, 3.63) is 33.7 Å². The van der Waals surface area contributed by atoms with Crippen LogP contribution in [0.15, 0.2) is 17.1 Å². The number of rotatable bonds is 4. The van der Waals surface area contributed by atoms with Crippen molar-refractivity contribution in [1.82, 2.24) is 9.88 Å². The second kappa shape index (κ2) is 5.63. The molecule has 1 atom stereocenters. The number of H-pyrrole nitrogens is 1. The molecule has 1 rings (SSSR count). The summed E-state index contributed by atoms with van der Waals surface area (Å²) < 4.78 is 4.98. The van der Waals surface area contributed by atoms with Gasteiger partial charge < -0.3 is 14.6 Å². The first kappa shape index (κ1) is 13.4. The zero-order valence-corrected chi connectivity index (χ0v) is 10.6. The number of methoxy groups -OCH3 is 1. The Morgan fingerprint density at radius 2 is 2.24 bits per heavy atom. The van der Waals surface area contributed by atoms with E-state index in [-0.39, 0.29) is 22.9 Å². The molecule has 0 fully saturated rings. The molecule has 1 aromatic rings. The maximum Gasteiger partial charge on any atom is 0.259 e. The van der Waals surface area contributed by atoms with E-state index >= 15 is 0 Å². The Bertz CT molecular complexity index is 453. The lowest BCUT2D eigenvalue weighted by Crippen LogP contribution is -2.39. The minimum absolute atomic E-state index is 0.0757. The Balaban J connectivity index is 2.93. The standard InChI is InChI=1S/C12H18N2O3/c1-8-5-11(15)10(6-13-8)12(16)14(3)9(2)7-17-4/h5-6,9H,7H2,1-4H3,(H,13,15). The first-order valence-corrected chi connectivity index (χ1v) is 5.42. The molecule has 1 amide bonds. The molecule has 0 aromatic carbocycles. The van der Waals surface area contributed by atoms with Crippen molar-refractivity contribution in [1.29, 1.82) is 0 Å². The summed E-state index contributed by atoms with van der Waals surface area (Å²) in [5, 5.41) is 0. The highest BCUT2D eigenvalue weighted by atomic mass is 16.5. The summed E-state index contributed by atoms with van der Waals surface area (Å²) in [6.45, 7) is 4.07.